The Morgan fingerprint density at radius 3 is 2.54 bits per heavy atom. The number of thiophene rings is 1. The Balaban J connectivity index is 1.56. The number of halogens is 2. The standard InChI is InChI=1S/C26H22Cl2N2O5S2/c27-19-2-1-3-21(22(19)28)37-23-20(35-25(32)33)14-26(29-24(23)31,17-8-13-36-15-17)16-4-6-18(7-5-16)30-9-11-34-12-10-30/h1-8,13,15H,9-12,14H2,(H,29,31)(H,32,33). The number of benzene rings is 2. The van der Waals surface area contributed by atoms with E-state index in [1.807, 2.05) is 41.1 Å². The number of rotatable bonds is 6. The molecule has 1 fully saturated rings. The normalized spacial score (nSPS) is 20.1. The highest BCUT2D eigenvalue weighted by Crippen LogP contribution is 2.46. The van der Waals surface area contributed by atoms with Gasteiger partial charge in [0.1, 0.15) is 10.7 Å². The Morgan fingerprint density at radius 2 is 1.86 bits per heavy atom. The molecule has 2 aliphatic heterocycles. The second-order valence-electron chi connectivity index (χ2n) is 8.47. The van der Waals surface area contributed by atoms with Crippen LogP contribution in [0.1, 0.15) is 17.5 Å². The first-order valence-corrected chi connectivity index (χ1v) is 13.9. The SMILES string of the molecule is O=C(O)OC1=C(Sc2cccc(Cl)c2Cl)C(=O)NC(c2ccc(N3CCOCC3)cc2)(c2ccsc2)C1. The molecule has 3 aromatic rings. The number of carbonyl (C=O) groups excluding carboxylic acids is 1. The molecular weight excluding hydrogens is 555 g/mol. The van der Waals surface area contributed by atoms with Gasteiger partial charge in [0.15, 0.2) is 0 Å². The summed E-state index contributed by atoms with van der Waals surface area (Å²) in [6.45, 7) is 2.96. The van der Waals surface area contributed by atoms with Crippen molar-refractivity contribution < 1.29 is 24.2 Å². The van der Waals surface area contributed by atoms with E-state index < -0.39 is 17.6 Å². The van der Waals surface area contributed by atoms with E-state index in [1.165, 1.54) is 11.3 Å². The minimum absolute atomic E-state index is 0.0424. The first-order valence-electron chi connectivity index (χ1n) is 11.4. The van der Waals surface area contributed by atoms with Gasteiger partial charge in [0.05, 0.1) is 28.8 Å². The number of ether oxygens (including phenoxy) is 2. The van der Waals surface area contributed by atoms with Crippen molar-refractivity contribution in [1.82, 2.24) is 5.32 Å². The van der Waals surface area contributed by atoms with Crippen molar-refractivity contribution in [2.75, 3.05) is 31.2 Å². The quantitative estimate of drug-likeness (QED) is 0.330. The van der Waals surface area contributed by atoms with E-state index in [1.54, 1.807) is 18.2 Å². The van der Waals surface area contributed by atoms with Crippen LogP contribution >= 0.6 is 46.3 Å². The maximum absolute atomic E-state index is 13.6. The number of morpholine rings is 1. The van der Waals surface area contributed by atoms with Gasteiger partial charge in [-0.2, -0.15) is 11.3 Å². The third kappa shape index (κ3) is 5.32. The molecule has 0 saturated carbocycles. The van der Waals surface area contributed by atoms with E-state index in [0.717, 1.165) is 41.7 Å². The second kappa shape index (κ2) is 11.0. The van der Waals surface area contributed by atoms with Crippen LogP contribution in [0.4, 0.5) is 10.5 Å². The molecule has 2 aliphatic rings. The molecule has 37 heavy (non-hydrogen) atoms. The summed E-state index contributed by atoms with van der Waals surface area (Å²) in [5, 5.41) is 17.2. The van der Waals surface area contributed by atoms with Crippen LogP contribution in [0.2, 0.25) is 10.0 Å². The van der Waals surface area contributed by atoms with E-state index >= 15 is 0 Å². The Bertz CT molecular complexity index is 1340. The molecule has 1 saturated heterocycles. The summed E-state index contributed by atoms with van der Waals surface area (Å²) in [5.74, 6) is -0.423. The number of anilines is 1. The zero-order valence-electron chi connectivity index (χ0n) is 19.4. The van der Waals surface area contributed by atoms with Gasteiger partial charge >= 0.3 is 6.16 Å². The van der Waals surface area contributed by atoms with Crippen molar-refractivity contribution in [2.45, 2.75) is 16.9 Å². The lowest BCUT2D eigenvalue weighted by Gasteiger charge is -2.39. The number of hydrogen-bond donors (Lipinski definition) is 2. The summed E-state index contributed by atoms with van der Waals surface area (Å²) in [4.78, 5) is 28.2. The molecule has 1 aromatic heterocycles. The predicted molar refractivity (Wildman–Crippen MR) is 146 cm³/mol. The number of amides is 1. The van der Waals surface area contributed by atoms with Crippen molar-refractivity contribution in [3.63, 3.8) is 0 Å². The number of hydrogen-bond acceptors (Lipinski definition) is 7. The summed E-state index contributed by atoms with van der Waals surface area (Å²) < 4.78 is 10.7. The minimum Gasteiger partial charge on any atom is -0.449 e. The Hall–Kier alpha value is -2.69. The molecule has 0 aliphatic carbocycles. The number of nitrogens with zero attached hydrogens (tertiary/aromatic N) is 1. The van der Waals surface area contributed by atoms with Crippen LogP contribution in [-0.4, -0.2) is 43.5 Å². The highest BCUT2D eigenvalue weighted by Gasteiger charge is 2.44. The van der Waals surface area contributed by atoms with E-state index in [9.17, 15) is 14.7 Å². The maximum Gasteiger partial charge on any atom is 0.511 e. The van der Waals surface area contributed by atoms with Crippen molar-refractivity contribution in [3.05, 3.63) is 91.1 Å². The van der Waals surface area contributed by atoms with Gasteiger partial charge in [-0.15, -0.1) is 0 Å². The fraction of sp³-hybridized carbons (Fsp3) is 0.231. The smallest absolute Gasteiger partial charge is 0.449 e. The zero-order valence-corrected chi connectivity index (χ0v) is 22.6. The van der Waals surface area contributed by atoms with Gasteiger partial charge in [0, 0.05) is 30.1 Å². The van der Waals surface area contributed by atoms with Gasteiger partial charge in [-0.3, -0.25) is 4.79 Å². The molecule has 5 rings (SSSR count). The Morgan fingerprint density at radius 1 is 1.11 bits per heavy atom. The molecule has 0 bridgehead atoms. The van der Waals surface area contributed by atoms with Crippen LogP contribution in [-0.2, 0) is 19.8 Å². The van der Waals surface area contributed by atoms with Crippen LogP contribution < -0.4 is 10.2 Å². The van der Waals surface area contributed by atoms with Crippen molar-refractivity contribution in [1.29, 1.82) is 0 Å². The lowest BCUT2D eigenvalue weighted by Crippen LogP contribution is -2.50. The molecular formula is C26H22Cl2N2O5S2. The lowest BCUT2D eigenvalue weighted by molar-refractivity contribution is -0.119. The van der Waals surface area contributed by atoms with E-state index in [0.29, 0.717) is 23.1 Å². The zero-order chi connectivity index (χ0) is 26.0. The number of carbonyl (C=O) groups is 2. The molecule has 192 valence electrons. The van der Waals surface area contributed by atoms with Gasteiger partial charge in [0.2, 0.25) is 0 Å². The molecule has 1 unspecified atom stereocenters. The van der Waals surface area contributed by atoms with Gasteiger partial charge in [-0.05, 0) is 52.2 Å². The van der Waals surface area contributed by atoms with Gasteiger partial charge in [0.25, 0.3) is 5.91 Å². The Labute approximate surface area is 232 Å². The van der Waals surface area contributed by atoms with Crippen LogP contribution in [0, 0.1) is 0 Å². The number of nitrogens with one attached hydrogen (secondary N) is 1. The summed E-state index contributed by atoms with van der Waals surface area (Å²) >= 11 is 15.0. The molecule has 0 spiro atoms. The number of carboxylic acid groups (broad SMARTS) is 1. The lowest BCUT2D eigenvalue weighted by atomic mass is 9.79. The van der Waals surface area contributed by atoms with Gasteiger partial charge < -0.3 is 24.8 Å². The first kappa shape index (κ1) is 25.9. The van der Waals surface area contributed by atoms with Crippen LogP contribution in [0.15, 0.2) is 74.9 Å². The molecule has 1 atom stereocenters. The van der Waals surface area contributed by atoms with Gasteiger partial charge in [-0.1, -0.05) is 53.2 Å². The molecule has 7 nitrogen and oxygen atoms in total. The van der Waals surface area contributed by atoms with E-state index in [2.05, 4.69) is 10.2 Å². The van der Waals surface area contributed by atoms with Crippen LogP contribution in [0.5, 0.6) is 0 Å². The number of thioether (sulfide) groups is 1. The monoisotopic (exact) mass is 576 g/mol. The molecule has 2 aromatic carbocycles. The third-order valence-electron chi connectivity index (χ3n) is 6.30. The topological polar surface area (TPSA) is 88.1 Å². The van der Waals surface area contributed by atoms with E-state index in [4.69, 9.17) is 32.7 Å². The summed E-state index contributed by atoms with van der Waals surface area (Å²) in [6.07, 6.45) is -1.40. The fourth-order valence-corrected chi connectivity index (χ4v) is 6.65. The van der Waals surface area contributed by atoms with Crippen LogP contribution in [0.25, 0.3) is 0 Å². The van der Waals surface area contributed by atoms with Crippen molar-refractivity contribution in [2.24, 2.45) is 0 Å². The van der Waals surface area contributed by atoms with Crippen molar-refractivity contribution >= 4 is 64.1 Å². The molecule has 3 heterocycles. The Kier molecular flexibility index (Phi) is 7.69. The predicted octanol–water partition coefficient (Wildman–Crippen LogP) is 6.35. The second-order valence-corrected chi connectivity index (χ2v) is 11.1. The third-order valence-corrected chi connectivity index (χ3v) is 9.09. The molecule has 1 amide bonds. The fourth-order valence-electron chi connectivity index (χ4n) is 4.51. The highest BCUT2D eigenvalue weighted by molar-refractivity contribution is 8.04. The summed E-state index contributed by atoms with van der Waals surface area (Å²) in [5.41, 5.74) is 1.68. The summed E-state index contributed by atoms with van der Waals surface area (Å²) in [6, 6.07) is 14.9. The van der Waals surface area contributed by atoms with E-state index in [-0.39, 0.29) is 22.1 Å². The largest absolute Gasteiger partial charge is 0.511 e. The average Bonchev–Trinajstić information content (AvgIpc) is 3.44. The molecule has 11 heteroatoms. The molecule has 0 radical (unpaired) electrons. The van der Waals surface area contributed by atoms with Crippen molar-refractivity contribution in [3.8, 4) is 0 Å². The summed E-state index contributed by atoms with van der Waals surface area (Å²) in [7, 11) is 0. The van der Waals surface area contributed by atoms with Crippen LogP contribution in [0.3, 0.4) is 0 Å². The highest BCUT2D eigenvalue weighted by atomic mass is 35.5. The molecule has 2 N–H and O–H groups in total. The first-order chi connectivity index (χ1) is 17.9. The average molecular weight is 578 g/mol. The minimum atomic E-state index is -1.50. The maximum atomic E-state index is 13.6. The van der Waals surface area contributed by atoms with Gasteiger partial charge in [-0.25, -0.2) is 4.79 Å².